The predicted octanol–water partition coefficient (Wildman–Crippen LogP) is 2.58. The molecule has 1 atom stereocenters. The Hall–Kier alpha value is -1.62. The molecule has 0 aromatic carbocycles. The number of nitrogens with zero attached hydrogens (tertiary/aromatic N) is 5. The molecule has 1 amide bonds. The highest BCUT2D eigenvalue weighted by Gasteiger charge is 2.30. The van der Waals surface area contributed by atoms with E-state index in [-0.39, 0.29) is 42.0 Å². The van der Waals surface area contributed by atoms with Gasteiger partial charge in [0.15, 0.2) is 5.96 Å². The Bertz CT molecular complexity index is 729. The molecule has 2 aliphatic rings. The maximum Gasteiger partial charge on any atom is 0.239 e. The Labute approximate surface area is 209 Å². The Morgan fingerprint density at radius 1 is 1.09 bits per heavy atom. The number of amides is 1. The summed E-state index contributed by atoms with van der Waals surface area (Å²) in [4.78, 5) is 28.5. The summed E-state index contributed by atoms with van der Waals surface area (Å²) in [6.45, 7) is 14.8. The summed E-state index contributed by atoms with van der Waals surface area (Å²) >= 11 is 0. The first-order valence-corrected chi connectivity index (χ1v) is 11.7. The number of carbonyl (C=O) groups is 1. The third-order valence-electron chi connectivity index (χ3n) is 5.84. The standard InChI is InChI=1S/C23H38N6O2.HI/c1-5-24-23(26-17-20-8-9-21(25-16-20)31-18(2)3)29-14-12-27(13-15-29)19(4)22(30)28-10-6-7-11-28;/h8-9,16,18-19H,5-7,10-15,17H2,1-4H3,(H,24,26);1H. The maximum absolute atomic E-state index is 12.7. The maximum atomic E-state index is 12.7. The largest absolute Gasteiger partial charge is 0.475 e. The first-order valence-electron chi connectivity index (χ1n) is 11.7. The molecule has 3 heterocycles. The normalized spacial score (nSPS) is 18.5. The Morgan fingerprint density at radius 3 is 2.34 bits per heavy atom. The highest BCUT2D eigenvalue weighted by Crippen LogP contribution is 2.15. The van der Waals surface area contributed by atoms with E-state index in [2.05, 4.69) is 33.9 Å². The number of aromatic nitrogens is 1. The van der Waals surface area contributed by atoms with Gasteiger partial charge in [-0.3, -0.25) is 9.69 Å². The second-order valence-corrected chi connectivity index (χ2v) is 8.57. The molecule has 0 saturated carbocycles. The summed E-state index contributed by atoms with van der Waals surface area (Å²) in [7, 11) is 0. The molecule has 0 radical (unpaired) electrons. The minimum Gasteiger partial charge on any atom is -0.475 e. The van der Waals surface area contributed by atoms with Crippen molar-refractivity contribution in [2.45, 2.75) is 59.2 Å². The molecule has 0 spiro atoms. The monoisotopic (exact) mass is 558 g/mol. The van der Waals surface area contributed by atoms with Crippen molar-refractivity contribution in [3.05, 3.63) is 23.9 Å². The molecule has 1 aromatic rings. The number of hydrogen-bond donors (Lipinski definition) is 1. The summed E-state index contributed by atoms with van der Waals surface area (Å²) in [5, 5.41) is 3.41. The van der Waals surface area contributed by atoms with Crippen molar-refractivity contribution in [3.63, 3.8) is 0 Å². The van der Waals surface area contributed by atoms with Crippen LogP contribution in [-0.4, -0.2) is 89.5 Å². The minimum absolute atomic E-state index is 0. The Morgan fingerprint density at radius 2 is 1.78 bits per heavy atom. The highest BCUT2D eigenvalue weighted by molar-refractivity contribution is 14.0. The molecule has 0 aliphatic carbocycles. The second-order valence-electron chi connectivity index (χ2n) is 8.57. The smallest absolute Gasteiger partial charge is 0.239 e. The number of ether oxygens (including phenoxy) is 1. The minimum atomic E-state index is -0.0441. The van der Waals surface area contributed by atoms with E-state index in [9.17, 15) is 4.79 Å². The molecule has 2 fully saturated rings. The van der Waals surface area contributed by atoms with E-state index >= 15 is 0 Å². The van der Waals surface area contributed by atoms with E-state index in [1.807, 2.05) is 37.1 Å². The lowest BCUT2D eigenvalue weighted by Gasteiger charge is -2.39. The number of hydrogen-bond acceptors (Lipinski definition) is 5. The average Bonchev–Trinajstić information content (AvgIpc) is 3.31. The lowest BCUT2D eigenvalue weighted by Crippen LogP contribution is -2.57. The van der Waals surface area contributed by atoms with Gasteiger partial charge in [0.25, 0.3) is 0 Å². The van der Waals surface area contributed by atoms with Gasteiger partial charge < -0.3 is 19.9 Å². The van der Waals surface area contributed by atoms with E-state index in [0.29, 0.717) is 12.4 Å². The first kappa shape index (κ1) is 26.6. The molecule has 8 nitrogen and oxygen atoms in total. The number of pyridine rings is 1. The molecule has 1 aromatic heterocycles. The van der Waals surface area contributed by atoms with Crippen LogP contribution in [0.15, 0.2) is 23.3 Å². The molecule has 9 heteroatoms. The quantitative estimate of drug-likeness (QED) is 0.315. The molecule has 2 aliphatic heterocycles. The third-order valence-corrected chi connectivity index (χ3v) is 5.84. The summed E-state index contributed by atoms with van der Waals surface area (Å²) in [6.07, 6.45) is 4.22. The third kappa shape index (κ3) is 7.47. The van der Waals surface area contributed by atoms with Crippen molar-refractivity contribution in [1.82, 2.24) is 25.0 Å². The van der Waals surface area contributed by atoms with Crippen LogP contribution < -0.4 is 10.1 Å². The van der Waals surface area contributed by atoms with Crippen LogP contribution in [0.25, 0.3) is 0 Å². The van der Waals surface area contributed by atoms with Gasteiger partial charge in [-0.05, 0) is 46.1 Å². The van der Waals surface area contributed by atoms with Gasteiger partial charge in [-0.25, -0.2) is 9.98 Å². The SMILES string of the molecule is CCNC(=NCc1ccc(OC(C)C)nc1)N1CCN(C(C)C(=O)N2CCCC2)CC1.I. The summed E-state index contributed by atoms with van der Waals surface area (Å²) in [6, 6.07) is 3.87. The van der Waals surface area contributed by atoms with Crippen molar-refractivity contribution >= 4 is 35.8 Å². The zero-order chi connectivity index (χ0) is 22.2. The number of guanidine groups is 1. The molecular weight excluding hydrogens is 519 g/mol. The fourth-order valence-corrected chi connectivity index (χ4v) is 4.09. The molecule has 180 valence electrons. The number of nitrogens with one attached hydrogen (secondary N) is 1. The van der Waals surface area contributed by atoms with E-state index < -0.39 is 0 Å². The predicted molar refractivity (Wildman–Crippen MR) is 139 cm³/mol. The zero-order valence-electron chi connectivity index (χ0n) is 19.9. The molecule has 0 bridgehead atoms. The number of aliphatic imine (C=N–C) groups is 1. The zero-order valence-corrected chi connectivity index (χ0v) is 22.2. The molecule has 1 unspecified atom stereocenters. The molecule has 1 N–H and O–H groups in total. The van der Waals surface area contributed by atoms with Crippen LogP contribution in [-0.2, 0) is 11.3 Å². The van der Waals surface area contributed by atoms with Gasteiger partial charge in [0.05, 0.1) is 18.7 Å². The summed E-state index contributed by atoms with van der Waals surface area (Å²) < 4.78 is 5.61. The van der Waals surface area contributed by atoms with Crippen molar-refractivity contribution in [2.75, 3.05) is 45.8 Å². The number of likely N-dealkylation sites (tertiary alicyclic amines) is 1. The van der Waals surface area contributed by atoms with Gasteiger partial charge in [0.1, 0.15) is 0 Å². The van der Waals surface area contributed by atoms with Gasteiger partial charge in [-0.2, -0.15) is 0 Å². The molecule has 2 saturated heterocycles. The van der Waals surface area contributed by atoms with Gasteiger partial charge in [-0.1, -0.05) is 6.07 Å². The second kappa shape index (κ2) is 13.2. The number of carbonyl (C=O) groups excluding carboxylic acids is 1. The Balaban J connectivity index is 0.00000363. The van der Waals surface area contributed by atoms with E-state index in [4.69, 9.17) is 9.73 Å². The van der Waals surface area contributed by atoms with Crippen molar-refractivity contribution < 1.29 is 9.53 Å². The van der Waals surface area contributed by atoms with Crippen LogP contribution in [0.4, 0.5) is 0 Å². The van der Waals surface area contributed by atoms with E-state index in [1.54, 1.807) is 0 Å². The molecule has 3 rings (SSSR count). The van der Waals surface area contributed by atoms with Crippen LogP contribution >= 0.6 is 24.0 Å². The lowest BCUT2D eigenvalue weighted by atomic mass is 10.2. The first-order chi connectivity index (χ1) is 15.0. The van der Waals surface area contributed by atoms with Crippen molar-refractivity contribution in [3.8, 4) is 5.88 Å². The topological polar surface area (TPSA) is 73.3 Å². The van der Waals surface area contributed by atoms with Crippen LogP contribution in [0.2, 0.25) is 0 Å². The lowest BCUT2D eigenvalue weighted by molar-refractivity contribution is -0.135. The van der Waals surface area contributed by atoms with Gasteiger partial charge in [-0.15, -0.1) is 24.0 Å². The Kier molecular flexibility index (Phi) is 11.0. The summed E-state index contributed by atoms with van der Waals surface area (Å²) in [5.41, 5.74) is 1.05. The number of piperazine rings is 1. The van der Waals surface area contributed by atoms with Crippen LogP contribution in [0.5, 0.6) is 5.88 Å². The van der Waals surface area contributed by atoms with Crippen LogP contribution in [0.1, 0.15) is 46.1 Å². The van der Waals surface area contributed by atoms with Crippen molar-refractivity contribution in [1.29, 1.82) is 0 Å². The van der Waals surface area contributed by atoms with Gasteiger partial charge in [0.2, 0.25) is 11.8 Å². The average molecular weight is 559 g/mol. The fourth-order valence-electron chi connectivity index (χ4n) is 4.09. The van der Waals surface area contributed by atoms with Gasteiger partial charge in [0, 0.05) is 58.1 Å². The number of halogens is 1. The van der Waals surface area contributed by atoms with Crippen molar-refractivity contribution in [2.24, 2.45) is 4.99 Å². The van der Waals surface area contributed by atoms with Gasteiger partial charge >= 0.3 is 0 Å². The number of rotatable bonds is 7. The van der Waals surface area contributed by atoms with Crippen LogP contribution in [0, 0.1) is 0 Å². The van der Waals surface area contributed by atoms with E-state index in [1.165, 1.54) is 0 Å². The van der Waals surface area contributed by atoms with E-state index in [0.717, 1.165) is 70.2 Å². The molecular formula is C23H39IN6O2. The molecule has 32 heavy (non-hydrogen) atoms. The summed E-state index contributed by atoms with van der Waals surface area (Å²) in [5.74, 6) is 1.84. The van der Waals surface area contributed by atoms with Crippen LogP contribution in [0.3, 0.4) is 0 Å². The highest BCUT2D eigenvalue weighted by atomic mass is 127. The fraction of sp³-hybridized carbons (Fsp3) is 0.696.